The number of anilines is 1. The summed E-state index contributed by atoms with van der Waals surface area (Å²) < 4.78 is 0. The van der Waals surface area contributed by atoms with E-state index in [0.717, 1.165) is 12.1 Å². The number of aliphatic hydroxyl groups excluding tert-OH is 1. The molecule has 4 heteroatoms. The number of carbonyl (C=O) groups excluding carboxylic acids is 1. The average Bonchev–Trinajstić information content (AvgIpc) is 2.66. The fourth-order valence-electron chi connectivity index (χ4n) is 2.22. The van der Waals surface area contributed by atoms with Gasteiger partial charge in [-0.15, -0.1) is 0 Å². The second-order valence-corrected chi connectivity index (χ2v) is 5.08. The van der Waals surface area contributed by atoms with E-state index in [4.69, 9.17) is 5.11 Å². The highest BCUT2D eigenvalue weighted by atomic mass is 16.3. The van der Waals surface area contributed by atoms with Crippen molar-refractivity contribution in [3.05, 3.63) is 29.8 Å². The predicted molar refractivity (Wildman–Crippen MR) is 71.1 cm³/mol. The molecule has 1 fully saturated rings. The van der Waals surface area contributed by atoms with Crippen molar-refractivity contribution >= 4 is 11.6 Å². The van der Waals surface area contributed by atoms with Crippen LogP contribution in [0.25, 0.3) is 0 Å². The van der Waals surface area contributed by atoms with Crippen molar-refractivity contribution in [1.29, 1.82) is 0 Å². The molecule has 98 valence electrons. The lowest BCUT2D eigenvalue weighted by molar-refractivity contribution is -0.127. The van der Waals surface area contributed by atoms with Crippen LogP contribution in [0, 0.1) is 5.41 Å². The van der Waals surface area contributed by atoms with E-state index in [9.17, 15) is 4.79 Å². The Hall–Kier alpha value is -1.55. The van der Waals surface area contributed by atoms with Crippen molar-refractivity contribution in [3.63, 3.8) is 0 Å². The maximum atomic E-state index is 11.9. The van der Waals surface area contributed by atoms with E-state index in [1.165, 1.54) is 5.56 Å². The van der Waals surface area contributed by atoms with E-state index in [1.807, 2.05) is 24.1 Å². The van der Waals surface area contributed by atoms with Gasteiger partial charge >= 0.3 is 0 Å². The van der Waals surface area contributed by atoms with E-state index >= 15 is 0 Å². The molecule has 1 aliphatic rings. The first kappa shape index (κ1) is 12.9. The van der Waals surface area contributed by atoms with Crippen molar-refractivity contribution in [2.24, 2.45) is 5.41 Å². The lowest BCUT2D eigenvalue weighted by atomic mass is 9.87. The summed E-state index contributed by atoms with van der Waals surface area (Å²) in [5, 5.41) is 10.9. The number of carbonyl (C=O) groups is 1. The molecule has 1 atom stereocenters. The molecule has 18 heavy (non-hydrogen) atoms. The molecule has 1 saturated heterocycles. The van der Waals surface area contributed by atoms with Crippen LogP contribution in [-0.2, 0) is 11.2 Å². The number of hydrogen-bond donors (Lipinski definition) is 2. The standard InChI is InChI=1S/C14H20N2O2/c1-3-11-4-6-12(7-5-11)16-10-14(2,8-9-17)13(18)15-16/h4-7,17H,3,8-10H2,1-2H3,(H,15,18). The summed E-state index contributed by atoms with van der Waals surface area (Å²) in [6.45, 7) is 4.63. The Morgan fingerprint density at radius 1 is 1.39 bits per heavy atom. The molecular weight excluding hydrogens is 228 g/mol. The zero-order valence-electron chi connectivity index (χ0n) is 10.9. The Morgan fingerprint density at radius 2 is 2.06 bits per heavy atom. The Bertz CT molecular complexity index is 430. The summed E-state index contributed by atoms with van der Waals surface area (Å²) in [4.78, 5) is 11.9. The third-order valence-corrected chi connectivity index (χ3v) is 3.61. The molecule has 1 unspecified atom stereocenters. The first-order chi connectivity index (χ1) is 8.59. The first-order valence-electron chi connectivity index (χ1n) is 6.37. The molecule has 1 amide bonds. The van der Waals surface area contributed by atoms with E-state index in [0.29, 0.717) is 13.0 Å². The number of hydrazine groups is 1. The van der Waals surface area contributed by atoms with Crippen molar-refractivity contribution in [3.8, 4) is 0 Å². The van der Waals surface area contributed by atoms with Crippen LogP contribution in [0.3, 0.4) is 0 Å². The van der Waals surface area contributed by atoms with Gasteiger partial charge in [0.15, 0.2) is 0 Å². The minimum absolute atomic E-state index is 0.0175. The number of aryl methyl sites for hydroxylation is 1. The molecule has 1 aromatic rings. The molecule has 2 N–H and O–H groups in total. The summed E-state index contributed by atoms with van der Waals surface area (Å²) in [6, 6.07) is 8.18. The van der Waals surface area contributed by atoms with Crippen LogP contribution < -0.4 is 10.4 Å². The van der Waals surface area contributed by atoms with Gasteiger partial charge in [0, 0.05) is 6.61 Å². The van der Waals surface area contributed by atoms with Crippen LogP contribution in [0.15, 0.2) is 24.3 Å². The van der Waals surface area contributed by atoms with Gasteiger partial charge in [-0.3, -0.25) is 15.2 Å². The normalized spacial score (nSPS) is 23.3. The molecule has 1 heterocycles. The molecule has 2 rings (SSSR count). The lowest BCUT2D eigenvalue weighted by Gasteiger charge is -2.21. The van der Waals surface area contributed by atoms with Crippen molar-refractivity contribution in [2.45, 2.75) is 26.7 Å². The minimum atomic E-state index is -0.502. The summed E-state index contributed by atoms with van der Waals surface area (Å²) in [5.41, 5.74) is 4.63. The van der Waals surface area contributed by atoms with Crippen LogP contribution in [0.2, 0.25) is 0 Å². The minimum Gasteiger partial charge on any atom is -0.396 e. The van der Waals surface area contributed by atoms with E-state index in [1.54, 1.807) is 0 Å². The van der Waals surface area contributed by atoms with Crippen LogP contribution in [0.1, 0.15) is 25.8 Å². The van der Waals surface area contributed by atoms with Gasteiger partial charge in [0.25, 0.3) is 0 Å². The summed E-state index contributed by atoms with van der Waals surface area (Å²) in [6.07, 6.45) is 1.50. The van der Waals surface area contributed by atoms with Gasteiger partial charge in [-0.1, -0.05) is 19.1 Å². The third-order valence-electron chi connectivity index (χ3n) is 3.61. The average molecular weight is 248 g/mol. The molecule has 0 aromatic heterocycles. The highest BCUT2D eigenvalue weighted by Gasteiger charge is 2.41. The van der Waals surface area contributed by atoms with Crippen LogP contribution >= 0.6 is 0 Å². The second-order valence-electron chi connectivity index (χ2n) is 5.08. The van der Waals surface area contributed by atoms with Gasteiger partial charge in [-0.25, -0.2) is 0 Å². The summed E-state index contributed by atoms with van der Waals surface area (Å²) in [7, 11) is 0. The maximum absolute atomic E-state index is 11.9. The largest absolute Gasteiger partial charge is 0.396 e. The zero-order chi connectivity index (χ0) is 13.2. The molecule has 0 saturated carbocycles. The Balaban J connectivity index is 2.13. The Morgan fingerprint density at radius 3 is 2.61 bits per heavy atom. The monoisotopic (exact) mass is 248 g/mol. The predicted octanol–water partition coefficient (Wildman–Crippen LogP) is 1.49. The van der Waals surface area contributed by atoms with E-state index in [-0.39, 0.29) is 12.5 Å². The number of benzene rings is 1. The van der Waals surface area contributed by atoms with Gasteiger partial charge in [-0.05, 0) is 37.5 Å². The fraction of sp³-hybridized carbons (Fsp3) is 0.500. The molecule has 4 nitrogen and oxygen atoms in total. The molecule has 0 bridgehead atoms. The number of amides is 1. The molecular formula is C14H20N2O2. The van der Waals surface area contributed by atoms with Crippen LogP contribution in [0.5, 0.6) is 0 Å². The van der Waals surface area contributed by atoms with Gasteiger partial charge < -0.3 is 5.11 Å². The van der Waals surface area contributed by atoms with Gasteiger partial charge in [0.05, 0.1) is 17.6 Å². The lowest BCUT2D eigenvalue weighted by Crippen LogP contribution is -2.33. The summed E-state index contributed by atoms with van der Waals surface area (Å²) >= 11 is 0. The van der Waals surface area contributed by atoms with Crippen LogP contribution in [-0.4, -0.2) is 24.2 Å². The van der Waals surface area contributed by atoms with Gasteiger partial charge in [0.2, 0.25) is 5.91 Å². The number of rotatable bonds is 4. The number of nitrogens with one attached hydrogen (secondary N) is 1. The maximum Gasteiger partial charge on any atom is 0.246 e. The van der Waals surface area contributed by atoms with Crippen molar-refractivity contribution in [1.82, 2.24) is 5.43 Å². The Kier molecular flexibility index (Phi) is 3.57. The zero-order valence-corrected chi connectivity index (χ0v) is 10.9. The molecule has 1 aliphatic heterocycles. The van der Waals surface area contributed by atoms with E-state index in [2.05, 4.69) is 24.5 Å². The fourth-order valence-corrected chi connectivity index (χ4v) is 2.22. The Labute approximate surface area is 108 Å². The molecule has 1 aromatic carbocycles. The SMILES string of the molecule is CCc1ccc(N2CC(C)(CCO)C(=O)N2)cc1. The number of aliphatic hydroxyl groups is 1. The highest BCUT2D eigenvalue weighted by molar-refractivity contribution is 5.87. The first-order valence-corrected chi connectivity index (χ1v) is 6.37. The van der Waals surface area contributed by atoms with Crippen molar-refractivity contribution in [2.75, 3.05) is 18.2 Å². The third kappa shape index (κ3) is 2.34. The smallest absolute Gasteiger partial charge is 0.246 e. The highest BCUT2D eigenvalue weighted by Crippen LogP contribution is 2.30. The van der Waals surface area contributed by atoms with Crippen LogP contribution in [0.4, 0.5) is 5.69 Å². The van der Waals surface area contributed by atoms with Gasteiger partial charge in [-0.2, -0.15) is 0 Å². The summed E-state index contributed by atoms with van der Waals surface area (Å²) in [5.74, 6) is -0.0175. The molecule has 0 radical (unpaired) electrons. The second kappa shape index (κ2) is 4.98. The van der Waals surface area contributed by atoms with Crippen molar-refractivity contribution < 1.29 is 9.90 Å². The van der Waals surface area contributed by atoms with Gasteiger partial charge in [0.1, 0.15) is 0 Å². The topological polar surface area (TPSA) is 52.6 Å². The number of hydrogen-bond acceptors (Lipinski definition) is 3. The molecule has 0 spiro atoms. The number of nitrogens with zero attached hydrogens (tertiary/aromatic N) is 1. The quantitative estimate of drug-likeness (QED) is 0.849. The molecule has 0 aliphatic carbocycles. The van der Waals surface area contributed by atoms with E-state index < -0.39 is 5.41 Å².